The van der Waals surface area contributed by atoms with Crippen LogP contribution < -0.4 is 0 Å². The topological polar surface area (TPSA) is 71.1 Å². The Hall–Kier alpha value is -3.02. The first kappa shape index (κ1) is 15.9. The SMILES string of the molecule is CCN(CC)C1=NC(=Nc2ccc([N+](=O)[O-])cc2)c2ccccc21. The van der Waals surface area contributed by atoms with E-state index >= 15 is 0 Å². The number of fused-ring (bicyclic) bond motifs is 1. The van der Waals surface area contributed by atoms with Crippen LogP contribution in [0.5, 0.6) is 0 Å². The molecule has 1 aliphatic heterocycles. The summed E-state index contributed by atoms with van der Waals surface area (Å²) in [6.07, 6.45) is 0. The van der Waals surface area contributed by atoms with Crippen LogP contribution in [0.2, 0.25) is 0 Å². The van der Waals surface area contributed by atoms with Gasteiger partial charge in [-0.25, -0.2) is 9.98 Å². The molecule has 1 heterocycles. The Morgan fingerprint density at radius 3 is 2.25 bits per heavy atom. The van der Waals surface area contributed by atoms with Crippen molar-refractivity contribution in [3.63, 3.8) is 0 Å². The number of hydrogen-bond acceptors (Lipinski definition) is 4. The number of benzene rings is 2. The molecule has 3 rings (SSSR count). The summed E-state index contributed by atoms with van der Waals surface area (Å²) in [5.74, 6) is 1.57. The lowest BCUT2D eigenvalue weighted by atomic mass is 10.1. The number of nitrogens with zero attached hydrogens (tertiary/aromatic N) is 4. The van der Waals surface area contributed by atoms with Gasteiger partial charge >= 0.3 is 0 Å². The van der Waals surface area contributed by atoms with Crippen LogP contribution in [0.1, 0.15) is 25.0 Å². The molecule has 0 N–H and O–H groups in total. The molecular formula is C18H18N4O2. The summed E-state index contributed by atoms with van der Waals surface area (Å²) in [5.41, 5.74) is 2.76. The molecule has 6 nitrogen and oxygen atoms in total. The fourth-order valence-corrected chi connectivity index (χ4v) is 2.71. The van der Waals surface area contributed by atoms with Crippen molar-refractivity contribution in [3.05, 3.63) is 69.8 Å². The molecule has 0 bridgehead atoms. The van der Waals surface area contributed by atoms with Crippen LogP contribution in [-0.2, 0) is 0 Å². The standard InChI is InChI=1S/C18H18N4O2/c1-3-21(4-2)18-16-8-6-5-7-15(16)17(20-18)19-13-9-11-14(12-10-13)22(23)24/h5-12H,3-4H2,1-2H3. The fourth-order valence-electron chi connectivity index (χ4n) is 2.71. The second-order valence-electron chi connectivity index (χ2n) is 5.36. The van der Waals surface area contributed by atoms with Gasteiger partial charge in [-0.05, 0) is 26.0 Å². The maximum absolute atomic E-state index is 10.7. The molecule has 0 amide bonds. The van der Waals surface area contributed by atoms with Crippen molar-refractivity contribution in [1.82, 2.24) is 4.90 Å². The van der Waals surface area contributed by atoms with Crippen molar-refractivity contribution in [2.24, 2.45) is 9.98 Å². The van der Waals surface area contributed by atoms with Crippen LogP contribution in [0, 0.1) is 10.1 Å². The van der Waals surface area contributed by atoms with E-state index in [9.17, 15) is 10.1 Å². The van der Waals surface area contributed by atoms with Crippen LogP contribution in [0.3, 0.4) is 0 Å². The monoisotopic (exact) mass is 322 g/mol. The summed E-state index contributed by atoms with van der Waals surface area (Å²) in [5, 5.41) is 10.7. The van der Waals surface area contributed by atoms with Crippen LogP contribution in [0.15, 0.2) is 58.5 Å². The number of nitro groups is 1. The zero-order valence-corrected chi connectivity index (χ0v) is 13.6. The molecule has 0 aromatic heterocycles. The smallest absolute Gasteiger partial charge is 0.269 e. The van der Waals surface area contributed by atoms with Crippen molar-refractivity contribution in [2.75, 3.05) is 13.1 Å². The lowest BCUT2D eigenvalue weighted by Crippen LogP contribution is -2.30. The van der Waals surface area contributed by atoms with Gasteiger partial charge in [-0.3, -0.25) is 10.1 Å². The summed E-state index contributed by atoms with van der Waals surface area (Å²) < 4.78 is 0. The molecule has 2 aromatic rings. The number of nitro benzene ring substituents is 1. The third-order valence-corrected chi connectivity index (χ3v) is 3.98. The second-order valence-corrected chi connectivity index (χ2v) is 5.36. The summed E-state index contributed by atoms with van der Waals surface area (Å²) in [7, 11) is 0. The van der Waals surface area contributed by atoms with Crippen LogP contribution in [-0.4, -0.2) is 34.6 Å². The van der Waals surface area contributed by atoms with Gasteiger partial charge in [0.1, 0.15) is 5.84 Å². The molecule has 0 atom stereocenters. The number of non-ortho nitro benzene ring substituents is 1. The lowest BCUT2D eigenvalue weighted by Gasteiger charge is -2.20. The molecule has 2 aromatic carbocycles. The zero-order valence-electron chi connectivity index (χ0n) is 13.6. The molecule has 0 fully saturated rings. The van der Waals surface area contributed by atoms with Crippen LogP contribution in [0.25, 0.3) is 0 Å². The van der Waals surface area contributed by atoms with Crippen molar-refractivity contribution < 1.29 is 4.92 Å². The summed E-state index contributed by atoms with van der Waals surface area (Å²) in [6.45, 7) is 5.93. The Morgan fingerprint density at radius 1 is 1.04 bits per heavy atom. The highest BCUT2D eigenvalue weighted by Gasteiger charge is 2.24. The van der Waals surface area contributed by atoms with Crippen molar-refractivity contribution in [3.8, 4) is 0 Å². The molecule has 0 unspecified atom stereocenters. The third-order valence-electron chi connectivity index (χ3n) is 3.98. The maximum atomic E-state index is 10.7. The van der Waals surface area contributed by atoms with E-state index in [1.54, 1.807) is 12.1 Å². The predicted molar refractivity (Wildman–Crippen MR) is 95.2 cm³/mol. The van der Waals surface area contributed by atoms with Gasteiger partial charge in [0.2, 0.25) is 0 Å². The van der Waals surface area contributed by atoms with E-state index in [1.165, 1.54) is 12.1 Å². The third kappa shape index (κ3) is 2.90. The normalized spacial score (nSPS) is 14.4. The molecule has 0 saturated carbocycles. The number of rotatable bonds is 4. The Balaban J connectivity index is 2.02. The second kappa shape index (κ2) is 6.62. The Bertz CT molecular complexity index is 821. The lowest BCUT2D eigenvalue weighted by molar-refractivity contribution is -0.384. The molecule has 0 aliphatic carbocycles. The minimum Gasteiger partial charge on any atom is -0.357 e. The van der Waals surface area contributed by atoms with E-state index in [0.29, 0.717) is 11.5 Å². The predicted octanol–water partition coefficient (Wildman–Crippen LogP) is 3.78. The average molecular weight is 322 g/mol. The zero-order chi connectivity index (χ0) is 17.1. The quantitative estimate of drug-likeness (QED) is 0.635. The van der Waals surface area contributed by atoms with Gasteiger partial charge in [-0.1, -0.05) is 24.3 Å². The molecule has 0 spiro atoms. The maximum Gasteiger partial charge on any atom is 0.269 e. The number of amidine groups is 2. The van der Waals surface area contributed by atoms with Gasteiger partial charge < -0.3 is 4.90 Å². The summed E-state index contributed by atoms with van der Waals surface area (Å²) in [6, 6.07) is 14.2. The molecule has 0 saturated heterocycles. The van der Waals surface area contributed by atoms with Gasteiger partial charge in [0, 0.05) is 36.3 Å². The van der Waals surface area contributed by atoms with Gasteiger partial charge in [0.15, 0.2) is 5.84 Å². The van der Waals surface area contributed by atoms with E-state index < -0.39 is 4.92 Å². The molecule has 24 heavy (non-hydrogen) atoms. The minimum atomic E-state index is -0.418. The van der Waals surface area contributed by atoms with E-state index in [1.807, 2.05) is 24.3 Å². The fraction of sp³-hybridized carbons (Fsp3) is 0.222. The van der Waals surface area contributed by atoms with Gasteiger partial charge in [0.05, 0.1) is 10.6 Å². The molecule has 0 radical (unpaired) electrons. The Morgan fingerprint density at radius 2 is 1.67 bits per heavy atom. The van der Waals surface area contributed by atoms with Crippen LogP contribution >= 0.6 is 0 Å². The first-order valence-corrected chi connectivity index (χ1v) is 7.90. The van der Waals surface area contributed by atoms with E-state index in [2.05, 4.69) is 23.7 Å². The molecule has 6 heteroatoms. The summed E-state index contributed by atoms with van der Waals surface area (Å²) in [4.78, 5) is 21.8. The van der Waals surface area contributed by atoms with Gasteiger partial charge in [-0.2, -0.15) is 0 Å². The van der Waals surface area contributed by atoms with E-state index in [-0.39, 0.29) is 5.69 Å². The highest BCUT2D eigenvalue weighted by Crippen LogP contribution is 2.25. The van der Waals surface area contributed by atoms with Gasteiger partial charge in [-0.15, -0.1) is 0 Å². The minimum absolute atomic E-state index is 0.0538. The number of aliphatic imine (C=N–C) groups is 2. The number of hydrogen-bond donors (Lipinski definition) is 0. The Labute approximate surface area is 140 Å². The molecular weight excluding hydrogens is 304 g/mol. The highest BCUT2D eigenvalue weighted by molar-refractivity contribution is 6.22. The van der Waals surface area contributed by atoms with Crippen LogP contribution in [0.4, 0.5) is 11.4 Å². The van der Waals surface area contributed by atoms with Crippen molar-refractivity contribution >= 4 is 23.0 Å². The molecule has 122 valence electrons. The largest absolute Gasteiger partial charge is 0.357 e. The first-order chi connectivity index (χ1) is 11.6. The summed E-state index contributed by atoms with van der Waals surface area (Å²) >= 11 is 0. The van der Waals surface area contributed by atoms with Crippen molar-refractivity contribution in [2.45, 2.75) is 13.8 Å². The highest BCUT2D eigenvalue weighted by atomic mass is 16.6. The first-order valence-electron chi connectivity index (χ1n) is 7.90. The van der Waals surface area contributed by atoms with E-state index in [4.69, 9.17) is 4.99 Å². The van der Waals surface area contributed by atoms with Gasteiger partial charge in [0.25, 0.3) is 5.69 Å². The van der Waals surface area contributed by atoms with E-state index in [0.717, 1.165) is 30.1 Å². The van der Waals surface area contributed by atoms with Crippen molar-refractivity contribution in [1.29, 1.82) is 0 Å². The Kier molecular flexibility index (Phi) is 4.37. The average Bonchev–Trinajstić information content (AvgIpc) is 2.95. The molecule has 1 aliphatic rings.